The Kier molecular flexibility index (Phi) is 5.95. The number of hydrogen-bond donors (Lipinski definition) is 2. The third-order valence-electron chi connectivity index (χ3n) is 4.07. The minimum Gasteiger partial charge on any atom is -0.352 e. The fraction of sp³-hybridized carbons (Fsp3) is 0.529. The zero-order valence-electron chi connectivity index (χ0n) is 13.2. The van der Waals surface area contributed by atoms with Gasteiger partial charge in [-0.05, 0) is 25.3 Å². The number of amides is 2. The van der Waals surface area contributed by atoms with Crippen LogP contribution < -0.4 is 11.1 Å². The maximum absolute atomic E-state index is 12.0. The van der Waals surface area contributed by atoms with Crippen LogP contribution in [0.25, 0.3) is 0 Å². The number of likely N-dealkylation sites (tertiary alicyclic amines) is 1. The minimum absolute atomic E-state index is 0.0531. The van der Waals surface area contributed by atoms with Gasteiger partial charge in [-0.1, -0.05) is 29.8 Å². The van der Waals surface area contributed by atoms with Gasteiger partial charge < -0.3 is 16.0 Å². The quantitative estimate of drug-likeness (QED) is 0.862. The van der Waals surface area contributed by atoms with E-state index in [0.717, 1.165) is 18.4 Å². The maximum atomic E-state index is 12.0. The second-order valence-corrected chi connectivity index (χ2v) is 5.98. The van der Waals surface area contributed by atoms with Crippen molar-refractivity contribution in [1.29, 1.82) is 0 Å². The molecule has 1 aliphatic heterocycles. The number of carbonyl (C=O) groups excluding carboxylic acids is 2. The predicted molar refractivity (Wildman–Crippen MR) is 86.0 cm³/mol. The van der Waals surface area contributed by atoms with Crippen LogP contribution in [0, 0.1) is 6.92 Å². The van der Waals surface area contributed by atoms with Crippen molar-refractivity contribution in [3.05, 3.63) is 35.4 Å². The first-order chi connectivity index (χ1) is 10.5. The maximum Gasteiger partial charge on any atom is 0.223 e. The van der Waals surface area contributed by atoms with Crippen LogP contribution in [-0.2, 0) is 16.1 Å². The molecule has 22 heavy (non-hydrogen) atoms. The molecule has 120 valence electrons. The van der Waals surface area contributed by atoms with Crippen molar-refractivity contribution in [3.8, 4) is 0 Å². The molecule has 1 saturated heterocycles. The van der Waals surface area contributed by atoms with Gasteiger partial charge in [0.1, 0.15) is 0 Å². The number of hydrogen-bond acceptors (Lipinski definition) is 3. The number of nitrogens with two attached hydrogens (primary N) is 1. The topological polar surface area (TPSA) is 75.4 Å². The summed E-state index contributed by atoms with van der Waals surface area (Å²) >= 11 is 0. The van der Waals surface area contributed by atoms with Gasteiger partial charge in [-0.3, -0.25) is 9.59 Å². The summed E-state index contributed by atoms with van der Waals surface area (Å²) in [6.45, 7) is 3.96. The molecule has 0 unspecified atom stereocenters. The normalized spacial score (nSPS) is 15.6. The number of piperidine rings is 1. The van der Waals surface area contributed by atoms with E-state index in [1.54, 1.807) is 0 Å². The molecule has 2 rings (SSSR count). The summed E-state index contributed by atoms with van der Waals surface area (Å²) in [7, 11) is 0. The Morgan fingerprint density at radius 1 is 1.18 bits per heavy atom. The van der Waals surface area contributed by atoms with Gasteiger partial charge >= 0.3 is 0 Å². The van der Waals surface area contributed by atoms with Gasteiger partial charge in [-0.15, -0.1) is 0 Å². The van der Waals surface area contributed by atoms with E-state index in [1.165, 1.54) is 5.56 Å². The predicted octanol–water partition coefficient (Wildman–Crippen LogP) is 1.34. The zero-order valence-corrected chi connectivity index (χ0v) is 13.2. The summed E-state index contributed by atoms with van der Waals surface area (Å²) in [4.78, 5) is 25.7. The van der Waals surface area contributed by atoms with Crippen LogP contribution in [-0.4, -0.2) is 35.8 Å². The Morgan fingerprint density at radius 3 is 2.45 bits per heavy atom. The fourth-order valence-corrected chi connectivity index (χ4v) is 2.52. The number of rotatable bonds is 5. The standard InChI is InChI=1S/C17H25N3O2/c1-13-2-4-14(5-3-13)12-19-16(21)6-7-17(22)20-10-8-15(18)9-11-20/h2-5,15H,6-12,18H2,1H3,(H,19,21). The number of carbonyl (C=O) groups is 2. The summed E-state index contributed by atoms with van der Waals surface area (Å²) in [5.41, 5.74) is 8.08. The van der Waals surface area contributed by atoms with E-state index in [-0.39, 0.29) is 30.7 Å². The number of aryl methyl sites for hydroxylation is 1. The molecule has 0 bridgehead atoms. The van der Waals surface area contributed by atoms with Gasteiger partial charge in [-0.25, -0.2) is 0 Å². The first-order valence-corrected chi connectivity index (χ1v) is 7.90. The second-order valence-electron chi connectivity index (χ2n) is 5.98. The number of benzene rings is 1. The van der Waals surface area contributed by atoms with E-state index in [2.05, 4.69) is 5.32 Å². The van der Waals surface area contributed by atoms with E-state index >= 15 is 0 Å². The average Bonchev–Trinajstić information content (AvgIpc) is 2.52. The molecule has 0 radical (unpaired) electrons. The molecule has 5 nitrogen and oxygen atoms in total. The largest absolute Gasteiger partial charge is 0.352 e. The highest BCUT2D eigenvalue weighted by molar-refractivity contribution is 5.83. The monoisotopic (exact) mass is 303 g/mol. The Hall–Kier alpha value is -1.88. The van der Waals surface area contributed by atoms with Crippen molar-refractivity contribution in [2.24, 2.45) is 5.73 Å². The minimum atomic E-state index is -0.0809. The molecule has 1 aromatic carbocycles. The molecule has 0 atom stereocenters. The van der Waals surface area contributed by atoms with Gasteiger partial charge in [0.2, 0.25) is 11.8 Å². The molecule has 0 aliphatic carbocycles. The SMILES string of the molecule is Cc1ccc(CNC(=O)CCC(=O)N2CCC(N)CC2)cc1. The van der Waals surface area contributed by atoms with Crippen LogP contribution in [0.15, 0.2) is 24.3 Å². The van der Waals surface area contributed by atoms with Crippen molar-refractivity contribution in [2.75, 3.05) is 13.1 Å². The lowest BCUT2D eigenvalue weighted by Gasteiger charge is -2.30. The van der Waals surface area contributed by atoms with E-state index in [0.29, 0.717) is 19.6 Å². The number of nitrogens with zero attached hydrogens (tertiary/aromatic N) is 1. The molecule has 2 amide bonds. The van der Waals surface area contributed by atoms with Crippen LogP contribution in [0.2, 0.25) is 0 Å². The average molecular weight is 303 g/mol. The Morgan fingerprint density at radius 2 is 1.82 bits per heavy atom. The van der Waals surface area contributed by atoms with Crippen LogP contribution in [0.3, 0.4) is 0 Å². The van der Waals surface area contributed by atoms with Gasteiger partial charge in [-0.2, -0.15) is 0 Å². The summed E-state index contributed by atoms with van der Waals surface area (Å²) in [5.74, 6) is -0.0278. The smallest absolute Gasteiger partial charge is 0.223 e. The molecular formula is C17H25N3O2. The first kappa shape index (κ1) is 16.5. The molecule has 1 heterocycles. The van der Waals surface area contributed by atoms with Gasteiger partial charge in [0.15, 0.2) is 0 Å². The molecule has 5 heteroatoms. The van der Waals surface area contributed by atoms with Crippen molar-refractivity contribution >= 4 is 11.8 Å². The molecule has 0 saturated carbocycles. The van der Waals surface area contributed by atoms with Gasteiger partial charge in [0.05, 0.1) is 0 Å². The molecule has 1 aromatic rings. The molecule has 1 fully saturated rings. The molecule has 3 N–H and O–H groups in total. The van der Waals surface area contributed by atoms with Gasteiger partial charge in [0, 0.05) is 38.5 Å². The lowest BCUT2D eigenvalue weighted by molar-refractivity contribution is -0.134. The first-order valence-electron chi connectivity index (χ1n) is 7.90. The highest BCUT2D eigenvalue weighted by atomic mass is 16.2. The van der Waals surface area contributed by atoms with Crippen molar-refractivity contribution in [2.45, 2.75) is 45.2 Å². The van der Waals surface area contributed by atoms with E-state index in [9.17, 15) is 9.59 Å². The molecular weight excluding hydrogens is 278 g/mol. The van der Waals surface area contributed by atoms with Crippen LogP contribution in [0.4, 0.5) is 0 Å². The lowest BCUT2D eigenvalue weighted by atomic mass is 10.1. The van der Waals surface area contributed by atoms with Crippen molar-refractivity contribution in [3.63, 3.8) is 0 Å². The van der Waals surface area contributed by atoms with E-state index in [1.807, 2.05) is 36.1 Å². The van der Waals surface area contributed by atoms with E-state index < -0.39 is 0 Å². The third-order valence-corrected chi connectivity index (χ3v) is 4.07. The summed E-state index contributed by atoms with van der Waals surface area (Å²) in [6, 6.07) is 8.25. The van der Waals surface area contributed by atoms with Gasteiger partial charge in [0.25, 0.3) is 0 Å². The third kappa shape index (κ3) is 5.15. The zero-order chi connectivity index (χ0) is 15.9. The summed E-state index contributed by atoms with van der Waals surface area (Å²) < 4.78 is 0. The highest BCUT2D eigenvalue weighted by Crippen LogP contribution is 2.10. The van der Waals surface area contributed by atoms with Crippen LogP contribution in [0.5, 0.6) is 0 Å². The van der Waals surface area contributed by atoms with Crippen molar-refractivity contribution in [1.82, 2.24) is 10.2 Å². The van der Waals surface area contributed by atoms with E-state index in [4.69, 9.17) is 5.73 Å². The van der Waals surface area contributed by atoms with Crippen LogP contribution in [0.1, 0.15) is 36.8 Å². The molecule has 0 aromatic heterocycles. The number of nitrogens with one attached hydrogen (secondary N) is 1. The fourth-order valence-electron chi connectivity index (χ4n) is 2.52. The summed E-state index contributed by atoms with van der Waals surface area (Å²) in [5, 5.41) is 2.85. The van der Waals surface area contributed by atoms with Crippen molar-refractivity contribution < 1.29 is 9.59 Å². The Balaban J connectivity index is 1.66. The Labute approximate surface area is 131 Å². The summed E-state index contributed by atoms with van der Waals surface area (Å²) in [6.07, 6.45) is 2.22. The molecule has 0 spiro atoms. The highest BCUT2D eigenvalue weighted by Gasteiger charge is 2.20. The molecule has 1 aliphatic rings. The van der Waals surface area contributed by atoms with Crippen LogP contribution >= 0.6 is 0 Å². The second kappa shape index (κ2) is 7.94. The lowest BCUT2D eigenvalue weighted by Crippen LogP contribution is -2.43. The Bertz CT molecular complexity index is 505.